The predicted octanol–water partition coefficient (Wildman–Crippen LogP) is 0.908. The molecule has 0 spiro atoms. The predicted molar refractivity (Wildman–Crippen MR) is 71.9 cm³/mol. The standard InChI is InChI=1S/C12H16NO7P/c14-10(15)5-4-8(11(16)17)7-21(19,20)12(18)9-3-1-2-6-13-9/h1-3,6,8,12,18H,4-5,7H2,(H,14,15)(H,16,17)(H,19,20). The fourth-order valence-corrected chi connectivity index (χ4v) is 3.48. The van der Waals surface area contributed by atoms with Gasteiger partial charge in [0.25, 0.3) is 0 Å². The van der Waals surface area contributed by atoms with E-state index in [1.807, 2.05) is 0 Å². The smallest absolute Gasteiger partial charge is 0.307 e. The number of carboxylic acids is 2. The second kappa shape index (κ2) is 7.31. The molecule has 0 saturated heterocycles. The van der Waals surface area contributed by atoms with Crippen molar-refractivity contribution in [3.8, 4) is 0 Å². The van der Waals surface area contributed by atoms with Crippen LogP contribution in [0, 0.1) is 5.92 Å². The summed E-state index contributed by atoms with van der Waals surface area (Å²) in [7, 11) is -4.26. The minimum Gasteiger partial charge on any atom is -0.481 e. The molecule has 4 N–H and O–H groups in total. The van der Waals surface area contributed by atoms with Gasteiger partial charge in [0.05, 0.1) is 11.6 Å². The molecule has 1 heterocycles. The van der Waals surface area contributed by atoms with Crippen molar-refractivity contribution in [2.24, 2.45) is 5.92 Å². The van der Waals surface area contributed by atoms with Crippen molar-refractivity contribution < 1.29 is 34.4 Å². The third kappa shape index (κ3) is 5.26. The molecule has 0 bridgehead atoms. The fourth-order valence-electron chi connectivity index (χ4n) is 1.74. The first-order valence-corrected chi connectivity index (χ1v) is 8.00. The van der Waals surface area contributed by atoms with Gasteiger partial charge in [0.15, 0.2) is 5.85 Å². The zero-order valence-corrected chi connectivity index (χ0v) is 11.9. The minimum absolute atomic E-state index is 0.0364. The zero-order chi connectivity index (χ0) is 16.0. The van der Waals surface area contributed by atoms with Crippen LogP contribution in [0.2, 0.25) is 0 Å². The van der Waals surface area contributed by atoms with Crippen LogP contribution in [0.1, 0.15) is 24.4 Å². The Morgan fingerprint density at radius 2 is 1.95 bits per heavy atom. The Morgan fingerprint density at radius 1 is 1.29 bits per heavy atom. The Morgan fingerprint density at radius 3 is 2.43 bits per heavy atom. The van der Waals surface area contributed by atoms with Gasteiger partial charge in [-0.3, -0.25) is 19.1 Å². The van der Waals surface area contributed by atoms with Crippen molar-refractivity contribution in [2.45, 2.75) is 18.7 Å². The summed E-state index contributed by atoms with van der Waals surface area (Å²) in [5.74, 6) is -5.70. The molecule has 9 heteroatoms. The lowest BCUT2D eigenvalue weighted by Gasteiger charge is -2.21. The summed E-state index contributed by atoms with van der Waals surface area (Å²) in [6.45, 7) is 0. The van der Waals surface area contributed by atoms with Crippen LogP contribution in [-0.4, -0.2) is 43.3 Å². The van der Waals surface area contributed by atoms with E-state index >= 15 is 0 Å². The van der Waals surface area contributed by atoms with E-state index in [4.69, 9.17) is 10.2 Å². The maximum Gasteiger partial charge on any atom is 0.307 e. The van der Waals surface area contributed by atoms with Crippen LogP contribution in [0.4, 0.5) is 0 Å². The van der Waals surface area contributed by atoms with Gasteiger partial charge in [-0.1, -0.05) is 6.07 Å². The highest BCUT2D eigenvalue weighted by Crippen LogP contribution is 2.55. The van der Waals surface area contributed by atoms with Gasteiger partial charge in [-0.15, -0.1) is 0 Å². The number of hydrogen-bond acceptors (Lipinski definition) is 5. The van der Waals surface area contributed by atoms with E-state index in [-0.39, 0.29) is 12.1 Å². The molecule has 0 amide bonds. The topological polar surface area (TPSA) is 145 Å². The summed E-state index contributed by atoms with van der Waals surface area (Å²) in [6.07, 6.45) is -0.105. The Hall–Kier alpha value is -1.76. The maximum atomic E-state index is 12.1. The van der Waals surface area contributed by atoms with Crippen LogP contribution >= 0.6 is 7.37 Å². The lowest BCUT2D eigenvalue weighted by Crippen LogP contribution is -2.21. The molecule has 0 aliphatic heterocycles. The third-order valence-electron chi connectivity index (χ3n) is 2.87. The Bertz CT molecular complexity index is 548. The van der Waals surface area contributed by atoms with Gasteiger partial charge in [-0.2, -0.15) is 0 Å². The van der Waals surface area contributed by atoms with Crippen LogP contribution in [0.15, 0.2) is 24.4 Å². The zero-order valence-electron chi connectivity index (χ0n) is 11.0. The molecule has 3 unspecified atom stereocenters. The molecule has 0 fully saturated rings. The molecular formula is C12H16NO7P. The molecular weight excluding hydrogens is 301 g/mol. The number of carbonyl (C=O) groups is 2. The largest absolute Gasteiger partial charge is 0.481 e. The normalized spacial score (nSPS) is 16.7. The van der Waals surface area contributed by atoms with E-state index in [0.29, 0.717) is 0 Å². The molecule has 8 nitrogen and oxygen atoms in total. The Kier molecular flexibility index (Phi) is 6.02. The lowest BCUT2D eigenvalue weighted by atomic mass is 10.1. The quantitative estimate of drug-likeness (QED) is 0.518. The molecule has 0 saturated carbocycles. The molecule has 0 aliphatic carbocycles. The van der Waals surface area contributed by atoms with Gasteiger partial charge in [0.2, 0.25) is 7.37 Å². The maximum absolute atomic E-state index is 12.1. The summed E-state index contributed by atoms with van der Waals surface area (Å²) < 4.78 is 12.1. The van der Waals surface area contributed by atoms with Gasteiger partial charge in [-0.05, 0) is 18.6 Å². The molecule has 0 radical (unpaired) electrons. The van der Waals surface area contributed by atoms with E-state index in [9.17, 15) is 24.2 Å². The molecule has 1 rings (SSSR count). The molecule has 1 aromatic rings. The number of nitrogens with zero attached hydrogens (tertiary/aromatic N) is 1. The number of carboxylic acid groups (broad SMARTS) is 2. The van der Waals surface area contributed by atoms with Gasteiger partial charge < -0.3 is 20.2 Å². The highest BCUT2D eigenvalue weighted by molar-refractivity contribution is 7.58. The first-order chi connectivity index (χ1) is 9.74. The number of aromatic nitrogens is 1. The first kappa shape index (κ1) is 17.3. The molecule has 3 atom stereocenters. The average molecular weight is 317 g/mol. The highest BCUT2D eigenvalue weighted by Gasteiger charge is 2.36. The van der Waals surface area contributed by atoms with Gasteiger partial charge >= 0.3 is 11.9 Å². The first-order valence-electron chi connectivity index (χ1n) is 6.09. The number of hydrogen-bond donors (Lipinski definition) is 4. The van der Waals surface area contributed by atoms with Crippen LogP contribution in [0.3, 0.4) is 0 Å². The number of aliphatic hydroxyl groups is 1. The highest BCUT2D eigenvalue weighted by atomic mass is 31.2. The summed E-state index contributed by atoms with van der Waals surface area (Å²) >= 11 is 0. The van der Waals surface area contributed by atoms with E-state index in [0.717, 1.165) is 0 Å². The van der Waals surface area contributed by atoms with E-state index in [2.05, 4.69) is 4.98 Å². The summed E-state index contributed by atoms with van der Waals surface area (Å²) in [6, 6.07) is 4.43. The van der Waals surface area contributed by atoms with Crippen LogP contribution in [-0.2, 0) is 14.2 Å². The van der Waals surface area contributed by atoms with Crippen molar-refractivity contribution in [1.82, 2.24) is 4.98 Å². The number of aliphatic hydroxyl groups excluding tert-OH is 1. The van der Waals surface area contributed by atoms with Crippen LogP contribution in [0.5, 0.6) is 0 Å². The summed E-state index contributed by atoms with van der Waals surface area (Å²) in [4.78, 5) is 35.1. The van der Waals surface area contributed by atoms with Crippen LogP contribution in [0.25, 0.3) is 0 Å². The summed E-state index contributed by atoms with van der Waals surface area (Å²) in [5.41, 5.74) is -0.0364. The Labute approximate surface area is 120 Å². The molecule has 0 aromatic carbocycles. The van der Waals surface area contributed by atoms with Crippen molar-refractivity contribution in [3.63, 3.8) is 0 Å². The Balaban J connectivity index is 2.83. The fraction of sp³-hybridized carbons (Fsp3) is 0.417. The average Bonchev–Trinajstić information content (AvgIpc) is 2.43. The van der Waals surface area contributed by atoms with Crippen molar-refractivity contribution in [3.05, 3.63) is 30.1 Å². The second-order valence-electron chi connectivity index (χ2n) is 4.53. The van der Waals surface area contributed by atoms with Crippen molar-refractivity contribution in [1.29, 1.82) is 0 Å². The number of aliphatic carboxylic acids is 2. The van der Waals surface area contributed by atoms with Crippen molar-refractivity contribution in [2.75, 3.05) is 6.16 Å². The molecule has 1 aromatic heterocycles. The SMILES string of the molecule is O=C(O)CCC(CP(=O)(O)C(O)c1ccccn1)C(=O)O. The van der Waals surface area contributed by atoms with Crippen molar-refractivity contribution >= 4 is 19.3 Å². The minimum atomic E-state index is -4.26. The van der Waals surface area contributed by atoms with E-state index in [1.165, 1.54) is 18.3 Å². The number of rotatable bonds is 8. The van der Waals surface area contributed by atoms with Crippen LogP contribution < -0.4 is 0 Å². The van der Waals surface area contributed by atoms with Gasteiger partial charge in [0, 0.05) is 18.8 Å². The van der Waals surface area contributed by atoms with E-state index < -0.39 is 43.7 Å². The third-order valence-corrected chi connectivity index (χ3v) is 4.87. The van der Waals surface area contributed by atoms with Gasteiger partial charge in [-0.25, -0.2) is 0 Å². The lowest BCUT2D eigenvalue weighted by molar-refractivity contribution is -0.142. The molecule has 0 aliphatic rings. The van der Waals surface area contributed by atoms with Gasteiger partial charge in [0.1, 0.15) is 0 Å². The monoisotopic (exact) mass is 317 g/mol. The summed E-state index contributed by atoms with van der Waals surface area (Å²) in [5, 5.41) is 27.4. The number of pyridine rings is 1. The molecule has 116 valence electrons. The molecule has 21 heavy (non-hydrogen) atoms. The second-order valence-corrected chi connectivity index (χ2v) is 6.90. The van der Waals surface area contributed by atoms with E-state index in [1.54, 1.807) is 6.07 Å².